The smallest absolute Gasteiger partial charge is 0.316 e. The highest BCUT2D eigenvalue weighted by Crippen LogP contribution is 2.29. The van der Waals surface area contributed by atoms with Crippen molar-refractivity contribution in [3.63, 3.8) is 0 Å². The Morgan fingerprint density at radius 2 is 2.00 bits per heavy atom. The molecule has 0 bridgehead atoms. The minimum atomic E-state index is 0.0107. The van der Waals surface area contributed by atoms with Crippen LogP contribution in [0.4, 0.5) is 6.01 Å². The average Bonchev–Trinajstić information content (AvgIpc) is 3.46. The maximum atomic E-state index is 12.4. The van der Waals surface area contributed by atoms with E-state index in [1.165, 1.54) is 6.42 Å². The second-order valence-electron chi connectivity index (χ2n) is 7.61. The van der Waals surface area contributed by atoms with Crippen molar-refractivity contribution < 1.29 is 18.7 Å². The summed E-state index contributed by atoms with van der Waals surface area (Å²) in [7, 11) is 1.83. The third kappa shape index (κ3) is 5.37. The number of aromatic nitrogens is 4. The molecule has 1 aromatic carbocycles. The Balaban J connectivity index is 1.35. The van der Waals surface area contributed by atoms with Gasteiger partial charge in [-0.25, -0.2) is 0 Å². The number of hydrogen-bond acceptors (Lipinski definition) is 8. The van der Waals surface area contributed by atoms with Gasteiger partial charge in [0.05, 0.1) is 18.4 Å². The number of likely N-dealkylation sites (tertiary alicyclic amines) is 1. The number of rotatable bonds is 9. The summed E-state index contributed by atoms with van der Waals surface area (Å²) in [6.45, 7) is 4.49. The van der Waals surface area contributed by atoms with Crippen molar-refractivity contribution in [1.82, 2.24) is 24.9 Å². The molecule has 1 aliphatic rings. The van der Waals surface area contributed by atoms with Gasteiger partial charge in [-0.15, -0.1) is 5.10 Å². The molecule has 4 rings (SSSR count). The molecule has 0 atom stereocenters. The molecular formula is C22H28N6O4. The Morgan fingerprint density at radius 1 is 1.16 bits per heavy atom. The van der Waals surface area contributed by atoms with Crippen molar-refractivity contribution in [2.45, 2.75) is 32.7 Å². The molecule has 0 aliphatic carbocycles. The molecule has 0 unspecified atom stereocenters. The van der Waals surface area contributed by atoms with E-state index in [1.807, 2.05) is 37.1 Å². The molecule has 1 fully saturated rings. The van der Waals surface area contributed by atoms with Crippen LogP contribution in [0.2, 0.25) is 0 Å². The number of hydrogen-bond donors (Lipinski definition) is 1. The number of nitrogens with zero attached hydrogens (tertiary/aromatic N) is 5. The Hall–Kier alpha value is -3.56. The van der Waals surface area contributed by atoms with Gasteiger partial charge in [0, 0.05) is 32.9 Å². The number of amides is 1. The molecule has 10 nitrogen and oxygen atoms in total. The second kappa shape index (κ2) is 10.2. The molecule has 3 heterocycles. The van der Waals surface area contributed by atoms with E-state index >= 15 is 0 Å². The predicted octanol–water partition coefficient (Wildman–Crippen LogP) is 2.87. The van der Waals surface area contributed by atoms with Crippen LogP contribution in [0.3, 0.4) is 0 Å². The van der Waals surface area contributed by atoms with E-state index in [1.54, 1.807) is 17.1 Å². The first-order valence-corrected chi connectivity index (χ1v) is 10.8. The number of carbonyl (C=O) groups is 1. The summed E-state index contributed by atoms with van der Waals surface area (Å²) in [5.41, 5.74) is 1.71. The predicted molar refractivity (Wildman–Crippen MR) is 117 cm³/mol. The van der Waals surface area contributed by atoms with E-state index in [2.05, 4.69) is 20.6 Å². The molecule has 0 spiro atoms. The van der Waals surface area contributed by atoms with Crippen LogP contribution in [0.5, 0.6) is 11.5 Å². The zero-order valence-electron chi connectivity index (χ0n) is 18.4. The summed E-state index contributed by atoms with van der Waals surface area (Å²) < 4.78 is 18.8. The molecule has 1 amide bonds. The quantitative estimate of drug-likeness (QED) is 0.541. The van der Waals surface area contributed by atoms with Crippen molar-refractivity contribution in [2.75, 3.05) is 31.6 Å². The van der Waals surface area contributed by atoms with Crippen molar-refractivity contribution >= 4 is 11.9 Å². The van der Waals surface area contributed by atoms with Gasteiger partial charge in [-0.2, -0.15) is 5.10 Å². The van der Waals surface area contributed by atoms with E-state index < -0.39 is 0 Å². The van der Waals surface area contributed by atoms with Crippen molar-refractivity contribution in [3.05, 3.63) is 36.2 Å². The number of carbonyl (C=O) groups excluding carboxylic acids is 1. The van der Waals surface area contributed by atoms with Crippen LogP contribution in [-0.2, 0) is 18.4 Å². The third-order valence-electron chi connectivity index (χ3n) is 5.19. The summed E-state index contributed by atoms with van der Waals surface area (Å²) in [6.07, 6.45) is 6.77. The summed E-state index contributed by atoms with van der Waals surface area (Å²) in [6, 6.07) is 5.93. The zero-order chi connectivity index (χ0) is 22.3. The summed E-state index contributed by atoms with van der Waals surface area (Å²) in [4.78, 5) is 14.3. The molecular weight excluding hydrogens is 412 g/mol. The Labute approximate surface area is 186 Å². The first-order chi connectivity index (χ1) is 15.6. The van der Waals surface area contributed by atoms with Crippen LogP contribution in [0.15, 0.2) is 35.0 Å². The number of ether oxygens (including phenoxy) is 2. The lowest BCUT2D eigenvalue weighted by Crippen LogP contribution is -2.38. The first kappa shape index (κ1) is 21.7. The normalized spacial score (nSPS) is 13.8. The molecule has 1 aliphatic heterocycles. The van der Waals surface area contributed by atoms with Crippen molar-refractivity contribution in [2.24, 2.45) is 7.05 Å². The lowest BCUT2D eigenvalue weighted by Gasteiger charge is -2.26. The van der Waals surface area contributed by atoms with E-state index in [0.717, 1.165) is 37.1 Å². The van der Waals surface area contributed by atoms with E-state index in [0.29, 0.717) is 36.6 Å². The maximum Gasteiger partial charge on any atom is 0.316 e. The van der Waals surface area contributed by atoms with Crippen molar-refractivity contribution in [1.29, 1.82) is 0 Å². The van der Waals surface area contributed by atoms with Gasteiger partial charge in [0.25, 0.3) is 11.8 Å². The molecule has 1 saturated heterocycles. The fourth-order valence-electron chi connectivity index (χ4n) is 3.54. The summed E-state index contributed by atoms with van der Waals surface area (Å²) >= 11 is 0. The molecule has 3 aromatic rings. The van der Waals surface area contributed by atoms with Gasteiger partial charge in [-0.05, 0) is 43.9 Å². The standard InChI is InChI=1S/C22H28N6O4/c1-3-30-19-11-16(7-8-18(19)31-15-20(29)28-9-5-4-6-10-28)12-23-22-26-25-21(32-22)17-13-24-27(2)14-17/h7-8,11,13-14H,3-6,9-10,12,15H2,1-2H3,(H,23,26). The third-order valence-corrected chi connectivity index (χ3v) is 5.19. The van der Waals surface area contributed by atoms with Gasteiger partial charge in [-0.1, -0.05) is 11.2 Å². The topological polar surface area (TPSA) is 108 Å². The fraction of sp³-hybridized carbons (Fsp3) is 0.455. The van der Waals surface area contributed by atoms with E-state index in [-0.39, 0.29) is 12.5 Å². The van der Waals surface area contributed by atoms with Gasteiger partial charge in [0.1, 0.15) is 0 Å². The lowest BCUT2D eigenvalue weighted by atomic mass is 10.1. The molecule has 0 radical (unpaired) electrons. The molecule has 10 heteroatoms. The summed E-state index contributed by atoms with van der Waals surface area (Å²) in [5, 5.41) is 15.3. The van der Waals surface area contributed by atoms with Crippen LogP contribution in [0.25, 0.3) is 11.5 Å². The largest absolute Gasteiger partial charge is 0.490 e. The van der Waals surface area contributed by atoms with Gasteiger partial charge >= 0.3 is 6.01 Å². The summed E-state index contributed by atoms with van der Waals surface area (Å²) in [5.74, 6) is 1.56. The molecule has 2 aromatic heterocycles. The SMILES string of the molecule is CCOc1cc(CNc2nnc(-c3cnn(C)c3)o2)ccc1OCC(=O)N1CCCCC1. The van der Waals surface area contributed by atoms with Crippen LogP contribution < -0.4 is 14.8 Å². The van der Waals surface area contributed by atoms with Crippen molar-refractivity contribution in [3.8, 4) is 23.0 Å². The number of aryl methyl sites for hydroxylation is 1. The number of piperidine rings is 1. The fourth-order valence-corrected chi connectivity index (χ4v) is 3.54. The minimum absolute atomic E-state index is 0.0107. The van der Waals surface area contributed by atoms with Gasteiger partial charge in [0.2, 0.25) is 0 Å². The van der Waals surface area contributed by atoms with Gasteiger partial charge in [0.15, 0.2) is 18.1 Å². The molecule has 1 N–H and O–H groups in total. The Morgan fingerprint density at radius 3 is 2.75 bits per heavy atom. The van der Waals surface area contributed by atoms with Crippen LogP contribution in [-0.4, -0.2) is 57.1 Å². The Bertz CT molecular complexity index is 1040. The maximum absolute atomic E-state index is 12.4. The lowest BCUT2D eigenvalue weighted by molar-refractivity contribution is -0.134. The van der Waals surface area contributed by atoms with Crippen LogP contribution in [0.1, 0.15) is 31.7 Å². The zero-order valence-corrected chi connectivity index (χ0v) is 18.4. The van der Waals surface area contributed by atoms with Crippen LogP contribution in [0, 0.1) is 0 Å². The van der Waals surface area contributed by atoms with E-state index in [9.17, 15) is 4.79 Å². The molecule has 32 heavy (non-hydrogen) atoms. The highest BCUT2D eigenvalue weighted by molar-refractivity contribution is 5.78. The van der Waals surface area contributed by atoms with Gasteiger partial charge in [-0.3, -0.25) is 9.48 Å². The number of anilines is 1. The molecule has 0 saturated carbocycles. The van der Waals surface area contributed by atoms with Crippen LogP contribution >= 0.6 is 0 Å². The number of benzene rings is 1. The van der Waals surface area contributed by atoms with Gasteiger partial charge < -0.3 is 24.1 Å². The highest BCUT2D eigenvalue weighted by atomic mass is 16.5. The Kier molecular flexibility index (Phi) is 6.88. The van der Waals surface area contributed by atoms with E-state index in [4.69, 9.17) is 13.9 Å². The minimum Gasteiger partial charge on any atom is -0.490 e. The highest BCUT2D eigenvalue weighted by Gasteiger charge is 2.18. The molecule has 170 valence electrons. The first-order valence-electron chi connectivity index (χ1n) is 10.8. The number of nitrogens with one attached hydrogen (secondary N) is 1. The average molecular weight is 441 g/mol. The second-order valence-corrected chi connectivity index (χ2v) is 7.61. The monoisotopic (exact) mass is 440 g/mol.